The molecule has 7 nitrogen and oxygen atoms in total. The molecule has 1 amide bonds. The van der Waals surface area contributed by atoms with Crippen LogP contribution in [0, 0.1) is 5.92 Å². The highest BCUT2D eigenvalue weighted by Crippen LogP contribution is 2.19. The summed E-state index contributed by atoms with van der Waals surface area (Å²) in [5, 5.41) is 2.63. The smallest absolute Gasteiger partial charge is 0.328 e. The predicted octanol–water partition coefficient (Wildman–Crippen LogP) is 0.577. The Bertz CT molecular complexity index is 624. The molecular weight excluding hydrogens is 318 g/mol. The lowest BCUT2D eigenvalue weighted by atomic mass is 10.1. The zero-order valence-electron chi connectivity index (χ0n) is 14.0. The van der Waals surface area contributed by atoms with Gasteiger partial charge < -0.3 is 10.1 Å². The van der Waals surface area contributed by atoms with Crippen LogP contribution in [0.25, 0.3) is 0 Å². The summed E-state index contributed by atoms with van der Waals surface area (Å²) in [7, 11) is 1.54. The van der Waals surface area contributed by atoms with E-state index in [-0.39, 0.29) is 23.6 Å². The Hall–Kier alpha value is -1.54. The summed E-state index contributed by atoms with van der Waals surface area (Å²) < 4.78 is 6.30. The van der Waals surface area contributed by atoms with E-state index >= 15 is 0 Å². The number of H-pyrrole nitrogens is 1. The van der Waals surface area contributed by atoms with Crippen molar-refractivity contribution < 1.29 is 9.53 Å². The Morgan fingerprint density at radius 2 is 2.13 bits per heavy atom. The largest absolute Gasteiger partial charge is 0.383 e. The second kappa shape index (κ2) is 9.57. The van der Waals surface area contributed by atoms with Gasteiger partial charge in [-0.2, -0.15) is 0 Å². The molecule has 8 heteroatoms. The number of amides is 1. The molecule has 1 aromatic heterocycles. The molecule has 1 atom stereocenters. The molecule has 130 valence electrons. The second-order valence-corrected chi connectivity index (χ2v) is 6.86. The summed E-state index contributed by atoms with van der Waals surface area (Å²) >= 11 is 1.58. The molecule has 0 saturated heterocycles. The molecule has 23 heavy (non-hydrogen) atoms. The number of methoxy groups -OCH3 is 1. The highest BCUT2D eigenvalue weighted by atomic mass is 32.2. The molecule has 1 heterocycles. The predicted molar refractivity (Wildman–Crippen MR) is 91.8 cm³/mol. The first-order valence-electron chi connectivity index (χ1n) is 7.61. The maximum absolute atomic E-state index is 12.3. The first kappa shape index (κ1) is 19.5. The Labute approximate surface area is 139 Å². The van der Waals surface area contributed by atoms with Gasteiger partial charge in [0.1, 0.15) is 0 Å². The molecular formula is C15H25N3O4S. The standard InChI is InChI=1S/C15H25N3O4S/c1-5-23-12(10(2)3)14(20)16-8-11-9-18(6-7-22-4)15(21)17-13(11)19/h9-10,12H,5-8H2,1-4H3,(H,16,20)(H,17,19,21). The quantitative estimate of drug-likeness (QED) is 0.684. The summed E-state index contributed by atoms with van der Waals surface area (Å²) in [5.74, 6) is 0.952. The normalized spacial score (nSPS) is 12.4. The average Bonchev–Trinajstić information content (AvgIpc) is 2.50. The molecule has 1 aromatic rings. The van der Waals surface area contributed by atoms with Gasteiger partial charge in [0.05, 0.1) is 24.0 Å². The number of hydrogen-bond donors (Lipinski definition) is 2. The Balaban J connectivity index is 2.82. The monoisotopic (exact) mass is 343 g/mol. The minimum absolute atomic E-state index is 0.0922. The number of nitrogens with zero attached hydrogens (tertiary/aromatic N) is 1. The molecule has 0 bridgehead atoms. The van der Waals surface area contributed by atoms with Gasteiger partial charge in [0.2, 0.25) is 5.91 Å². The molecule has 0 fully saturated rings. The molecule has 0 aromatic carbocycles. The third-order valence-corrected chi connectivity index (χ3v) is 4.74. The third kappa shape index (κ3) is 5.87. The van der Waals surface area contributed by atoms with Crippen LogP contribution in [0.1, 0.15) is 26.3 Å². The number of carbonyl (C=O) groups excluding carboxylic acids is 1. The van der Waals surface area contributed by atoms with Crippen molar-refractivity contribution in [3.63, 3.8) is 0 Å². The molecule has 2 N–H and O–H groups in total. The fraction of sp³-hybridized carbons (Fsp3) is 0.667. The van der Waals surface area contributed by atoms with Crippen LogP contribution in [0.15, 0.2) is 15.8 Å². The van der Waals surface area contributed by atoms with Crippen molar-refractivity contribution in [3.8, 4) is 0 Å². The highest BCUT2D eigenvalue weighted by Gasteiger charge is 2.21. The van der Waals surface area contributed by atoms with E-state index in [4.69, 9.17) is 4.74 Å². The van der Waals surface area contributed by atoms with Crippen LogP contribution in [0.2, 0.25) is 0 Å². The molecule has 1 rings (SSSR count). The van der Waals surface area contributed by atoms with Crippen molar-refractivity contribution in [2.75, 3.05) is 19.5 Å². The molecule has 0 radical (unpaired) electrons. The Morgan fingerprint density at radius 1 is 1.43 bits per heavy atom. The summed E-state index contributed by atoms with van der Waals surface area (Å²) in [6.45, 7) is 6.78. The fourth-order valence-electron chi connectivity index (χ4n) is 2.07. The van der Waals surface area contributed by atoms with Gasteiger partial charge in [-0.25, -0.2) is 4.79 Å². The van der Waals surface area contributed by atoms with E-state index < -0.39 is 11.2 Å². The number of nitrogens with one attached hydrogen (secondary N) is 2. The van der Waals surface area contributed by atoms with Crippen molar-refractivity contribution in [1.29, 1.82) is 0 Å². The van der Waals surface area contributed by atoms with Crippen LogP contribution >= 0.6 is 11.8 Å². The van der Waals surface area contributed by atoms with E-state index in [1.54, 1.807) is 11.8 Å². The molecule has 0 aliphatic rings. The van der Waals surface area contributed by atoms with E-state index in [9.17, 15) is 14.4 Å². The number of aromatic nitrogens is 2. The average molecular weight is 343 g/mol. The van der Waals surface area contributed by atoms with Crippen LogP contribution in [-0.2, 0) is 22.6 Å². The van der Waals surface area contributed by atoms with Crippen LogP contribution in [-0.4, -0.2) is 40.2 Å². The number of hydrogen-bond acceptors (Lipinski definition) is 5. The number of aromatic amines is 1. The van der Waals surface area contributed by atoms with Crippen LogP contribution in [0.3, 0.4) is 0 Å². The van der Waals surface area contributed by atoms with Gasteiger partial charge >= 0.3 is 5.69 Å². The maximum atomic E-state index is 12.3. The summed E-state index contributed by atoms with van der Waals surface area (Å²) in [5.41, 5.74) is -0.616. The lowest BCUT2D eigenvalue weighted by molar-refractivity contribution is -0.121. The van der Waals surface area contributed by atoms with Crippen molar-refractivity contribution in [2.45, 2.75) is 39.1 Å². The SMILES string of the molecule is CCSC(C(=O)NCc1cn(CCOC)c(=O)[nH]c1=O)C(C)C. The Morgan fingerprint density at radius 3 is 2.70 bits per heavy atom. The first-order chi connectivity index (χ1) is 10.9. The minimum atomic E-state index is -0.483. The van der Waals surface area contributed by atoms with Gasteiger partial charge in [-0.15, -0.1) is 11.8 Å². The van der Waals surface area contributed by atoms with E-state index in [1.165, 1.54) is 17.9 Å². The molecule has 0 saturated carbocycles. The number of rotatable bonds is 9. The van der Waals surface area contributed by atoms with Crippen LogP contribution < -0.4 is 16.6 Å². The van der Waals surface area contributed by atoms with Crippen LogP contribution in [0.4, 0.5) is 0 Å². The van der Waals surface area contributed by atoms with Crippen molar-refractivity contribution in [3.05, 3.63) is 32.6 Å². The van der Waals surface area contributed by atoms with Crippen molar-refractivity contribution >= 4 is 17.7 Å². The minimum Gasteiger partial charge on any atom is -0.383 e. The number of ether oxygens (including phenoxy) is 1. The number of thioether (sulfide) groups is 1. The molecule has 0 spiro atoms. The zero-order chi connectivity index (χ0) is 17.4. The van der Waals surface area contributed by atoms with Crippen molar-refractivity contribution in [1.82, 2.24) is 14.9 Å². The Kier molecular flexibility index (Phi) is 8.11. The highest BCUT2D eigenvalue weighted by molar-refractivity contribution is 8.00. The van der Waals surface area contributed by atoms with E-state index in [0.717, 1.165) is 5.75 Å². The van der Waals surface area contributed by atoms with E-state index in [2.05, 4.69) is 10.3 Å². The van der Waals surface area contributed by atoms with Gasteiger partial charge in [0.25, 0.3) is 5.56 Å². The van der Waals surface area contributed by atoms with Gasteiger partial charge in [-0.1, -0.05) is 20.8 Å². The second-order valence-electron chi connectivity index (χ2n) is 5.44. The topological polar surface area (TPSA) is 93.2 Å². The third-order valence-electron chi connectivity index (χ3n) is 3.28. The van der Waals surface area contributed by atoms with Crippen molar-refractivity contribution in [2.24, 2.45) is 5.92 Å². The van der Waals surface area contributed by atoms with Gasteiger partial charge in [-0.3, -0.25) is 19.1 Å². The molecule has 0 aliphatic carbocycles. The van der Waals surface area contributed by atoms with Crippen LogP contribution in [0.5, 0.6) is 0 Å². The van der Waals surface area contributed by atoms with E-state index in [0.29, 0.717) is 18.7 Å². The van der Waals surface area contributed by atoms with Gasteiger partial charge in [0.15, 0.2) is 0 Å². The summed E-state index contributed by atoms with van der Waals surface area (Å²) in [6.07, 6.45) is 1.47. The van der Waals surface area contributed by atoms with Gasteiger partial charge in [-0.05, 0) is 11.7 Å². The zero-order valence-corrected chi connectivity index (χ0v) is 14.9. The molecule has 1 unspecified atom stereocenters. The molecule has 0 aliphatic heterocycles. The van der Waals surface area contributed by atoms with Gasteiger partial charge in [0, 0.05) is 19.9 Å². The summed E-state index contributed by atoms with van der Waals surface area (Å²) in [6, 6.07) is 0. The lowest BCUT2D eigenvalue weighted by Crippen LogP contribution is -2.39. The number of carbonyl (C=O) groups is 1. The maximum Gasteiger partial charge on any atom is 0.328 e. The summed E-state index contributed by atoms with van der Waals surface area (Å²) in [4.78, 5) is 38.0. The fourth-order valence-corrected chi connectivity index (χ4v) is 3.05. The lowest BCUT2D eigenvalue weighted by Gasteiger charge is -2.19. The first-order valence-corrected chi connectivity index (χ1v) is 8.66. The van der Waals surface area contributed by atoms with E-state index in [1.807, 2.05) is 20.8 Å².